The molecule has 0 aromatic heterocycles. The normalized spacial score (nSPS) is 12.0. The predicted molar refractivity (Wildman–Crippen MR) is 129 cm³/mol. The Kier molecular flexibility index (Phi) is 8.27. The maximum atomic E-state index is 13.2. The Bertz CT molecular complexity index is 1280. The fourth-order valence-electron chi connectivity index (χ4n) is 3.21. The molecular formula is C24H23ClN2O6S. The molecule has 1 amide bonds. The number of para-hydroxylation sites is 1. The highest BCUT2D eigenvalue weighted by atomic mass is 35.5. The van der Waals surface area contributed by atoms with Gasteiger partial charge in [0.2, 0.25) is 15.9 Å². The summed E-state index contributed by atoms with van der Waals surface area (Å²) in [5.41, 5.74) is 1.07. The van der Waals surface area contributed by atoms with Crippen molar-refractivity contribution in [2.24, 2.45) is 0 Å². The van der Waals surface area contributed by atoms with Crippen molar-refractivity contribution in [3.05, 3.63) is 88.9 Å². The van der Waals surface area contributed by atoms with Crippen molar-refractivity contribution in [3.8, 4) is 5.75 Å². The number of carbonyl (C=O) groups is 2. The lowest BCUT2D eigenvalue weighted by Gasteiger charge is -2.20. The van der Waals surface area contributed by atoms with E-state index in [4.69, 9.17) is 21.1 Å². The quantitative estimate of drug-likeness (QED) is 0.432. The van der Waals surface area contributed by atoms with Crippen molar-refractivity contribution in [1.29, 1.82) is 0 Å². The van der Waals surface area contributed by atoms with Crippen molar-refractivity contribution in [2.45, 2.75) is 17.4 Å². The molecule has 8 nitrogen and oxygen atoms in total. The maximum absolute atomic E-state index is 13.2. The summed E-state index contributed by atoms with van der Waals surface area (Å²) in [7, 11) is -1.49. The predicted octanol–water partition coefficient (Wildman–Crippen LogP) is 3.66. The molecule has 0 bridgehead atoms. The van der Waals surface area contributed by atoms with Crippen LogP contribution in [0.5, 0.6) is 5.75 Å². The molecule has 1 unspecified atom stereocenters. The molecule has 10 heteroatoms. The number of hydrogen-bond acceptors (Lipinski definition) is 6. The summed E-state index contributed by atoms with van der Waals surface area (Å²) in [5, 5.41) is 2.75. The summed E-state index contributed by atoms with van der Waals surface area (Å²) in [6, 6.07) is 18.0. The summed E-state index contributed by atoms with van der Waals surface area (Å²) in [5.74, 6) is -0.967. The number of ether oxygens (including phenoxy) is 2. The molecule has 0 saturated carbocycles. The maximum Gasteiger partial charge on any atom is 0.339 e. The number of esters is 1. The lowest BCUT2D eigenvalue weighted by molar-refractivity contribution is -0.117. The van der Waals surface area contributed by atoms with E-state index in [1.807, 2.05) is 6.07 Å². The van der Waals surface area contributed by atoms with Gasteiger partial charge in [-0.25, -0.2) is 13.2 Å². The molecule has 3 aromatic carbocycles. The van der Waals surface area contributed by atoms with Crippen molar-refractivity contribution in [3.63, 3.8) is 0 Å². The second kappa shape index (κ2) is 11.1. The fourth-order valence-corrected chi connectivity index (χ4v) is 4.75. The Balaban J connectivity index is 1.92. The number of halogens is 1. The van der Waals surface area contributed by atoms with Crippen LogP contribution in [0, 0.1) is 0 Å². The van der Waals surface area contributed by atoms with Crippen LogP contribution in [0.3, 0.4) is 0 Å². The van der Waals surface area contributed by atoms with Crippen molar-refractivity contribution in [1.82, 2.24) is 4.72 Å². The highest BCUT2D eigenvalue weighted by Crippen LogP contribution is 2.27. The molecule has 0 heterocycles. The summed E-state index contributed by atoms with van der Waals surface area (Å²) < 4.78 is 38.5. The van der Waals surface area contributed by atoms with Gasteiger partial charge in [0.25, 0.3) is 0 Å². The molecule has 2 N–H and O–H groups in total. The smallest absolute Gasteiger partial charge is 0.339 e. The van der Waals surface area contributed by atoms with Crippen LogP contribution in [0.4, 0.5) is 5.69 Å². The third-order valence-electron chi connectivity index (χ3n) is 4.92. The monoisotopic (exact) mass is 502 g/mol. The molecule has 0 aliphatic rings. The van der Waals surface area contributed by atoms with E-state index in [9.17, 15) is 18.0 Å². The van der Waals surface area contributed by atoms with Crippen molar-refractivity contribution < 1.29 is 27.5 Å². The summed E-state index contributed by atoms with van der Waals surface area (Å²) in [4.78, 5) is 25.2. The zero-order valence-electron chi connectivity index (χ0n) is 18.4. The van der Waals surface area contributed by atoms with E-state index in [2.05, 4.69) is 10.0 Å². The van der Waals surface area contributed by atoms with Gasteiger partial charge < -0.3 is 14.8 Å². The van der Waals surface area contributed by atoms with E-state index in [-0.39, 0.29) is 27.6 Å². The van der Waals surface area contributed by atoms with Crippen LogP contribution >= 0.6 is 11.6 Å². The van der Waals surface area contributed by atoms with E-state index >= 15 is 0 Å². The molecule has 0 fully saturated rings. The van der Waals surface area contributed by atoms with E-state index < -0.39 is 27.9 Å². The van der Waals surface area contributed by atoms with Crippen molar-refractivity contribution >= 4 is 39.2 Å². The van der Waals surface area contributed by atoms with Gasteiger partial charge in [0.1, 0.15) is 11.8 Å². The highest BCUT2D eigenvalue weighted by molar-refractivity contribution is 7.89. The van der Waals surface area contributed by atoms with E-state index in [1.165, 1.54) is 44.6 Å². The van der Waals surface area contributed by atoms with Crippen LogP contribution in [-0.2, 0) is 26.0 Å². The Morgan fingerprint density at radius 2 is 1.65 bits per heavy atom. The number of nitrogens with one attached hydrogen (secondary N) is 2. The van der Waals surface area contributed by atoms with Crippen LogP contribution in [0.1, 0.15) is 15.9 Å². The first-order chi connectivity index (χ1) is 16.2. The number of sulfonamides is 1. The van der Waals surface area contributed by atoms with Gasteiger partial charge in [0, 0.05) is 0 Å². The van der Waals surface area contributed by atoms with Gasteiger partial charge >= 0.3 is 5.97 Å². The molecule has 3 rings (SSSR count). The van der Waals surface area contributed by atoms with Crippen LogP contribution in [-0.4, -0.2) is 40.6 Å². The van der Waals surface area contributed by atoms with Crippen LogP contribution in [0.25, 0.3) is 0 Å². The highest BCUT2D eigenvalue weighted by Gasteiger charge is 2.28. The molecule has 0 saturated heterocycles. The summed E-state index contributed by atoms with van der Waals surface area (Å²) >= 11 is 6.09. The van der Waals surface area contributed by atoms with Gasteiger partial charge in [-0.15, -0.1) is 0 Å². The number of anilines is 1. The summed E-state index contributed by atoms with van der Waals surface area (Å²) in [6.07, 6.45) is 0.0657. The molecule has 1 atom stereocenters. The van der Waals surface area contributed by atoms with Crippen LogP contribution in [0.2, 0.25) is 5.02 Å². The number of amides is 1. The third-order valence-corrected chi connectivity index (χ3v) is 6.69. The van der Waals surface area contributed by atoms with E-state index in [0.29, 0.717) is 5.75 Å². The first kappa shape index (κ1) is 25.2. The molecule has 0 spiro atoms. The van der Waals surface area contributed by atoms with Gasteiger partial charge in [-0.05, 0) is 42.3 Å². The van der Waals surface area contributed by atoms with Crippen LogP contribution < -0.4 is 14.8 Å². The van der Waals surface area contributed by atoms with Gasteiger partial charge in [-0.1, -0.05) is 54.1 Å². The van der Waals surface area contributed by atoms with Gasteiger partial charge in [-0.3, -0.25) is 4.79 Å². The van der Waals surface area contributed by atoms with E-state index in [0.717, 1.165) is 5.56 Å². The van der Waals surface area contributed by atoms with Crippen LogP contribution in [0.15, 0.2) is 77.7 Å². The second-order valence-corrected chi connectivity index (χ2v) is 9.31. The Labute approximate surface area is 202 Å². The minimum atomic E-state index is -4.14. The third kappa shape index (κ3) is 6.13. The number of rotatable bonds is 9. The SMILES string of the molecule is COC(=O)c1ccccc1NC(=O)C(Cc1ccccc1)NS(=O)(=O)c1ccc(OC)c(Cl)c1. The largest absolute Gasteiger partial charge is 0.495 e. The van der Waals surface area contributed by atoms with Crippen molar-refractivity contribution in [2.75, 3.05) is 19.5 Å². The molecule has 0 aliphatic carbocycles. The first-order valence-corrected chi connectivity index (χ1v) is 12.0. The van der Waals surface area contributed by atoms with Gasteiger partial charge in [-0.2, -0.15) is 4.72 Å². The second-order valence-electron chi connectivity index (χ2n) is 7.19. The lowest BCUT2D eigenvalue weighted by Crippen LogP contribution is -2.45. The number of benzene rings is 3. The van der Waals surface area contributed by atoms with Gasteiger partial charge in [0.05, 0.1) is 35.4 Å². The molecule has 0 aliphatic heterocycles. The molecule has 178 valence electrons. The lowest BCUT2D eigenvalue weighted by atomic mass is 10.1. The number of carbonyl (C=O) groups excluding carboxylic acids is 2. The number of hydrogen-bond donors (Lipinski definition) is 2. The zero-order chi connectivity index (χ0) is 24.7. The summed E-state index contributed by atoms with van der Waals surface area (Å²) in [6.45, 7) is 0. The molecule has 34 heavy (non-hydrogen) atoms. The van der Waals surface area contributed by atoms with Gasteiger partial charge in [0.15, 0.2) is 0 Å². The Hall–Kier alpha value is -3.40. The first-order valence-electron chi connectivity index (χ1n) is 10.1. The minimum absolute atomic E-state index is 0.0657. The minimum Gasteiger partial charge on any atom is -0.495 e. The average Bonchev–Trinajstić information content (AvgIpc) is 2.84. The molecule has 3 aromatic rings. The standard InChI is InChI=1S/C24H23ClN2O6S/c1-32-22-13-12-17(15-19(22)25)34(30,31)27-21(14-16-8-4-3-5-9-16)23(28)26-20-11-7-6-10-18(20)24(29)33-2/h3-13,15,21,27H,14H2,1-2H3,(H,26,28). The fraction of sp³-hybridized carbons (Fsp3) is 0.167. The molecular weight excluding hydrogens is 480 g/mol. The number of methoxy groups -OCH3 is 2. The molecule has 0 radical (unpaired) electrons. The topological polar surface area (TPSA) is 111 Å². The zero-order valence-corrected chi connectivity index (χ0v) is 20.0. The Morgan fingerprint density at radius 3 is 2.29 bits per heavy atom. The van der Waals surface area contributed by atoms with E-state index in [1.54, 1.807) is 36.4 Å². The Morgan fingerprint density at radius 1 is 0.971 bits per heavy atom. The average molecular weight is 503 g/mol.